The molecule has 1 aromatic rings. The summed E-state index contributed by atoms with van der Waals surface area (Å²) in [6, 6.07) is 6.31. The predicted octanol–water partition coefficient (Wildman–Crippen LogP) is 0.639. The Labute approximate surface area is 118 Å². The summed E-state index contributed by atoms with van der Waals surface area (Å²) >= 11 is 5.84. The van der Waals surface area contributed by atoms with Gasteiger partial charge in [-0.05, 0) is 18.2 Å². The fraction of sp³-hybridized carbons (Fsp3) is 0.500. The smallest absolute Gasteiger partial charge is 0.243 e. The number of hydrogen-bond donors (Lipinski definition) is 1. The van der Waals surface area contributed by atoms with Crippen molar-refractivity contribution in [2.24, 2.45) is 0 Å². The Balaban J connectivity index is 2.10. The van der Waals surface area contributed by atoms with Crippen molar-refractivity contribution < 1.29 is 13.5 Å². The van der Waals surface area contributed by atoms with Gasteiger partial charge in [-0.25, -0.2) is 8.42 Å². The highest BCUT2D eigenvalue weighted by Gasteiger charge is 2.28. The van der Waals surface area contributed by atoms with Gasteiger partial charge in [0.15, 0.2) is 0 Å². The number of halogens is 1. The zero-order valence-electron chi connectivity index (χ0n) is 10.5. The monoisotopic (exact) mass is 304 g/mol. The maximum Gasteiger partial charge on any atom is 0.243 e. The minimum atomic E-state index is -3.46. The van der Waals surface area contributed by atoms with Gasteiger partial charge in [0, 0.05) is 37.7 Å². The first-order valence-corrected chi connectivity index (χ1v) is 7.95. The van der Waals surface area contributed by atoms with Crippen LogP contribution in [0.5, 0.6) is 0 Å². The van der Waals surface area contributed by atoms with Gasteiger partial charge in [-0.2, -0.15) is 4.31 Å². The summed E-state index contributed by atoms with van der Waals surface area (Å²) in [7, 11) is -3.46. The van der Waals surface area contributed by atoms with Gasteiger partial charge >= 0.3 is 0 Å². The fourth-order valence-electron chi connectivity index (χ4n) is 2.11. The molecule has 1 aromatic carbocycles. The second-order valence-electron chi connectivity index (χ2n) is 4.43. The number of β-amino-alcohol motifs (C(OH)–C–C–N with tert-alkyl or cyclic N) is 1. The van der Waals surface area contributed by atoms with Crippen LogP contribution in [0.15, 0.2) is 29.2 Å². The molecule has 0 amide bonds. The molecule has 106 valence electrons. The van der Waals surface area contributed by atoms with Crippen molar-refractivity contribution in [2.75, 3.05) is 39.3 Å². The number of sulfonamides is 1. The van der Waals surface area contributed by atoms with Crippen molar-refractivity contribution in [1.82, 2.24) is 9.21 Å². The molecule has 0 atom stereocenters. The first kappa shape index (κ1) is 14.7. The zero-order chi connectivity index (χ0) is 13.9. The third-order valence-electron chi connectivity index (χ3n) is 3.18. The maximum atomic E-state index is 12.4. The van der Waals surface area contributed by atoms with Crippen LogP contribution in [-0.2, 0) is 10.0 Å². The van der Waals surface area contributed by atoms with E-state index in [2.05, 4.69) is 0 Å². The van der Waals surface area contributed by atoms with Crippen LogP contribution in [-0.4, -0.2) is 62.1 Å². The Morgan fingerprint density at radius 1 is 1.21 bits per heavy atom. The predicted molar refractivity (Wildman–Crippen MR) is 73.7 cm³/mol. The van der Waals surface area contributed by atoms with Crippen molar-refractivity contribution in [3.63, 3.8) is 0 Å². The summed E-state index contributed by atoms with van der Waals surface area (Å²) in [5.74, 6) is 0. The second kappa shape index (κ2) is 6.19. The molecule has 0 unspecified atom stereocenters. The van der Waals surface area contributed by atoms with E-state index in [0.29, 0.717) is 37.7 Å². The van der Waals surface area contributed by atoms with Crippen LogP contribution in [0, 0.1) is 0 Å². The van der Waals surface area contributed by atoms with E-state index >= 15 is 0 Å². The van der Waals surface area contributed by atoms with Crippen molar-refractivity contribution in [1.29, 1.82) is 0 Å². The SMILES string of the molecule is O=S(=O)(c1cccc(Cl)c1)N1CCN(CCO)CC1. The summed E-state index contributed by atoms with van der Waals surface area (Å²) in [6.45, 7) is 2.84. The minimum absolute atomic E-state index is 0.0983. The summed E-state index contributed by atoms with van der Waals surface area (Å²) in [5.41, 5.74) is 0. The van der Waals surface area contributed by atoms with Gasteiger partial charge in [0.05, 0.1) is 11.5 Å². The number of benzene rings is 1. The molecule has 2 rings (SSSR count). The van der Waals surface area contributed by atoms with Gasteiger partial charge in [0.1, 0.15) is 0 Å². The fourth-order valence-corrected chi connectivity index (χ4v) is 3.84. The van der Waals surface area contributed by atoms with Crippen molar-refractivity contribution in [2.45, 2.75) is 4.90 Å². The number of aliphatic hydroxyl groups is 1. The highest BCUT2D eigenvalue weighted by Crippen LogP contribution is 2.20. The number of rotatable bonds is 4. The second-order valence-corrected chi connectivity index (χ2v) is 6.80. The Bertz CT molecular complexity index is 528. The van der Waals surface area contributed by atoms with Gasteiger partial charge in [-0.15, -0.1) is 0 Å². The van der Waals surface area contributed by atoms with E-state index in [9.17, 15) is 8.42 Å². The van der Waals surface area contributed by atoms with Gasteiger partial charge in [0.25, 0.3) is 0 Å². The molecule has 1 fully saturated rings. The number of piperazine rings is 1. The van der Waals surface area contributed by atoms with E-state index in [1.807, 2.05) is 4.90 Å². The Kier molecular flexibility index (Phi) is 4.81. The molecule has 1 aliphatic rings. The van der Waals surface area contributed by atoms with Crippen LogP contribution in [0.4, 0.5) is 0 Å². The van der Waals surface area contributed by atoms with Gasteiger partial charge in [-0.3, -0.25) is 4.90 Å². The number of aliphatic hydroxyl groups excluding tert-OH is 1. The average molecular weight is 305 g/mol. The average Bonchev–Trinajstić information content (AvgIpc) is 2.40. The zero-order valence-corrected chi connectivity index (χ0v) is 12.1. The first-order chi connectivity index (χ1) is 9.04. The van der Waals surface area contributed by atoms with Crippen molar-refractivity contribution in [3.8, 4) is 0 Å². The molecule has 19 heavy (non-hydrogen) atoms. The van der Waals surface area contributed by atoms with Crippen LogP contribution in [0.2, 0.25) is 5.02 Å². The van der Waals surface area contributed by atoms with E-state index in [1.54, 1.807) is 18.2 Å². The Morgan fingerprint density at radius 2 is 1.89 bits per heavy atom. The van der Waals surface area contributed by atoms with Crippen LogP contribution in [0.25, 0.3) is 0 Å². The van der Waals surface area contributed by atoms with Gasteiger partial charge in [-0.1, -0.05) is 17.7 Å². The van der Waals surface area contributed by atoms with E-state index in [0.717, 1.165) is 0 Å². The molecule has 7 heteroatoms. The third kappa shape index (κ3) is 3.46. The van der Waals surface area contributed by atoms with Crippen LogP contribution in [0.1, 0.15) is 0 Å². The lowest BCUT2D eigenvalue weighted by Gasteiger charge is -2.33. The molecule has 0 radical (unpaired) electrons. The van der Waals surface area contributed by atoms with Crippen LogP contribution < -0.4 is 0 Å². The summed E-state index contributed by atoms with van der Waals surface area (Å²) in [5, 5.41) is 9.28. The Morgan fingerprint density at radius 3 is 2.47 bits per heavy atom. The summed E-state index contributed by atoms with van der Waals surface area (Å²) < 4.78 is 26.3. The first-order valence-electron chi connectivity index (χ1n) is 6.13. The number of nitrogens with zero attached hydrogens (tertiary/aromatic N) is 2. The molecular weight excluding hydrogens is 288 g/mol. The maximum absolute atomic E-state index is 12.4. The van der Waals surface area contributed by atoms with Gasteiger partial charge in [0.2, 0.25) is 10.0 Å². The third-order valence-corrected chi connectivity index (χ3v) is 5.31. The highest BCUT2D eigenvalue weighted by molar-refractivity contribution is 7.89. The van der Waals surface area contributed by atoms with Crippen LogP contribution in [0.3, 0.4) is 0 Å². The molecule has 1 N–H and O–H groups in total. The molecule has 0 spiro atoms. The van der Waals surface area contributed by atoms with Crippen molar-refractivity contribution >= 4 is 21.6 Å². The number of hydrogen-bond acceptors (Lipinski definition) is 4. The summed E-state index contributed by atoms with van der Waals surface area (Å²) in [6.07, 6.45) is 0. The quantitative estimate of drug-likeness (QED) is 0.887. The standard InChI is InChI=1S/C12H17ClN2O3S/c13-11-2-1-3-12(10-11)19(17,18)15-6-4-14(5-7-15)8-9-16/h1-3,10,16H,4-9H2. The van der Waals surface area contributed by atoms with E-state index < -0.39 is 10.0 Å². The minimum Gasteiger partial charge on any atom is -0.395 e. The lowest BCUT2D eigenvalue weighted by Crippen LogP contribution is -2.49. The Hall–Kier alpha value is -0.660. The molecule has 0 aliphatic carbocycles. The topological polar surface area (TPSA) is 60.9 Å². The molecule has 1 heterocycles. The highest BCUT2D eigenvalue weighted by atomic mass is 35.5. The lowest BCUT2D eigenvalue weighted by atomic mass is 10.4. The normalized spacial score (nSPS) is 18.6. The molecule has 1 aliphatic heterocycles. The molecule has 0 saturated carbocycles. The molecular formula is C12H17ClN2O3S. The molecule has 5 nitrogen and oxygen atoms in total. The van der Waals surface area contributed by atoms with E-state index in [4.69, 9.17) is 16.7 Å². The summed E-state index contributed by atoms with van der Waals surface area (Å²) in [4.78, 5) is 2.28. The molecule has 0 aromatic heterocycles. The van der Waals surface area contributed by atoms with Crippen molar-refractivity contribution in [3.05, 3.63) is 29.3 Å². The van der Waals surface area contributed by atoms with Crippen LogP contribution >= 0.6 is 11.6 Å². The molecule has 0 bridgehead atoms. The lowest BCUT2D eigenvalue weighted by molar-refractivity contribution is 0.151. The molecule has 1 saturated heterocycles. The largest absolute Gasteiger partial charge is 0.395 e. The van der Waals surface area contributed by atoms with Gasteiger partial charge < -0.3 is 5.11 Å². The van der Waals surface area contributed by atoms with E-state index in [-0.39, 0.29) is 11.5 Å². The van der Waals surface area contributed by atoms with E-state index in [1.165, 1.54) is 10.4 Å².